The van der Waals surface area contributed by atoms with E-state index in [9.17, 15) is 16.8 Å². The summed E-state index contributed by atoms with van der Waals surface area (Å²) in [4.78, 5) is 0.586. The predicted octanol–water partition coefficient (Wildman–Crippen LogP) is 11.1. The van der Waals surface area contributed by atoms with Crippen molar-refractivity contribution in [3.05, 3.63) is 151 Å². The molecule has 6 rings (SSSR count). The Morgan fingerprint density at radius 1 is 0.358 bits per heavy atom. The van der Waals surface area contributed by atoms with Crippen LogP contribution in [0.3, 0.4) is 0 Å². The first-order chi connectivity index (χ1) is 25.0. The van der Waals surface area contributed by atoms with Crippen molar-refractivity contribution in [1.29, 1.82) is 0 Å². The van der Waals surface area contributed by atoms with E-state index in [4.69, 9.17) is 14.2 Å². The number of benzene rings is 6. The van der Waals surface area contributed by atoms with Crippen molar-refractivity contribution in [3.8, 4) is 39.9 Å². The molecular weight excluding hydrogens is 705 g/mol. The molecule has 9 heteroatoms. The molecule has 0 saturated heterocycles. The van der Waals surface area contributed by atoms with Gasteiger partial charge in [-0.05, 0) is 152 Å². The maximum absolute atomic E-state index is 13.5. The first kappa shape index (κ1) is 37.4. The Balaban J connectivity index is 1.08. The molecule has 0 bridgehead atoms. The second kappa shape index (κ2) is 14.6. The van der Waals surface area contributed by atoms with Gasteiger partial charge in [0, 0.05) is 0 Å². The first-order valence-corrected chi connectivity index (χ1v) is 20.1. The molecule has 0 heterocycles. The molecule has 0 aliphatic carbocycles. The molecule has 0 unspecified atom stereocenters. The fraction of sp³-hybridized carbons (Fsp3) is 0.182. The van der Waals surface area contributed by atoms with E-state index in [1.165, 1.54) is 29.8 Å². The van der Waals surface area contributed by atoms with Crippen LogP contribution in [0, 0.1) is 0 Å². The third-order valence-corrected chi connectivity index (χ3v) is 11.9. The molecule has 0 spiro atoms. The average Bonchev–Trinajstić information content (AvgIpc) is 3.12. The Kier molecular flexibility index (Phi) is 10.3. The molecule has 0 fully saturated rings. The summed E-state index contributed by atoms with van der Waals surface area (Å²) < 4.78 is 71.2. The van der Waals surface area contributed by atoms with E-state index in [0.717, 1.165) is 16.9 Å². The highest BCUT2D eigenvalue weighted by molar-refractivity contribution is 7.91. The van der Waals surface area contributed by atoms with Crippen molar-refractivity contribution < 1.29 is 31.0 Å². The minimum Gasteiger partial charge on any atom is -0.488 e. The summed E-state index contributed by atoms with van der Waals surface area (Å²) in [5, 5.41) is 0. The lowest BCUT2D eigenvalue weighted by Crippen LogP contribution is -2.22. The Hall–Kier alpha value is -5.38. The zero-order chi connectivity index (χ0) is 38.0. The molecule has 6 aromatic rings. The summed E-state index contributed by atoms with van der Waals surface area (Å²) >= 11 is 0. The second-order valence-corrected chi connectivity index (χ2v) is 18.6. The Morgan fingerprint density at radius 2 is 0.623 bits per heavy atom. The fourth-order valence-electron chi connectivity index (χ4n) is 5.52. The smallest absolute Gasteiger partial charge is 0.206 e. The molecule has 53 heavy (non-hydrogen) atoms. The van der Waals surface area contributed by atoms with E-state index in [1.807, 2.05) is 45.0 Å². The summed E-state index contributed by atoms with van der Waals surface area (Å²) in [7, 11) is -7.55. The molecule has 0 radical (unpaired) electrons. The van der Waals surface area contributed by atoms with Crippen LogP contribution in [-0.2, 0) is 25.1 Å². The number of ether oxygens (including phenoxy) is 3. The summed E-state index contributed by atoms with van der Waals surface area (Å²) in [6.07, 6.45) is 0. The molecule has 0 aliphatic heterocycles. The van der Waals surface area contributed by atoms with Gasteiger partial charge in [0.05, 0.1) is 19.6 Å². The van der Waals surface area contributed by atoms with Crippen LogP contribution in [0.5, 0.6) is 28.7 Å². The number of hydrogen-bond acceptors (Lipinski definition) is 7. The lowest BCUT2D eigenvalue weighted by atomic mass is 9.87. The van der Waals surface area contributed by atoms with Gasteiger partial charge in [-0.15, -0.1) is 0 Å². The third-order valence-electron chi connectivity index (χ3n) is 8.37. The summed E-state index contributed by atoms with van der Waals surface area (Å²) in [6.45, 7) is 12.3. The molecule has 0 atom stereocenters. The summed E-state index contributed by atoms with van der Waals surface area (Å²) in [5.41, 5.74) is 2.39. The van der Waals surface area contributed by atoms with Crippen LogP contribution in [0.25, 0.3) is 11.1 Å². The van der Waals surface area contributed by atoms with Gasteiger partial charge in [-0.3, -0.25) is 0 Å². The molecule has 0 aliphatic rings. The van der Waals surface area contributed by atoms with Crippen molar-refractivity contribution in [2.24, 2.45) is 0 Å². The van der Waals surface area contributed by atoms with Gasteiger partial charge in [-0.1, -0.05) is 57.2 Å². The van der Waals surface area contributed by atoms with Gasteiger partial charge >= 0.3 is 0 Å². The van der Waals surface area contributed by atoms with Gasteiger partial charge in [0.25, 0.3) is 0 Å². The van der Waals surface area contributed by atoms with Gasteiger partial charge < -0.3 is 14.2 Å². The van der Waals surface area contributed by atoms with Crippen molar-refractivity contribution in [1.82, 2.24) is 0 Å². The minimum atomic E-state index is -3.80. The molecule has 0 N–H and O–H groups in total. The fourth-order valence-corrected chi connectivity index (χ4v) is 8.05. The molecular formula is C44H42O7S2. The van der Waals surface area contributed by atoms with Crippen molar-refractivity contribution >= 4 is 19.7 Å². The SMILES string of the molecule is CC(C)(C)Oc1ccc(S(=O)(=O)c2ccc(-c3ccc(S(=O)(=O)c4ccc(Oc5ccc(Oc6ccc(C(C)(C)C)cc6)cc5)cc4)cc3)cc2)cc1. The van der Waals surface area contributed by atoms with E-state index >= 15 is 0 Å². The highest BCUT2D eigenvalue weighted by Gasteiger charge is 2.21. The Morgan fingerprint density at radius 3 is 0.925 bits per heavy atom. The van der Waals surface area contributed by atoms with Gasteiger partial charge in [-0.2, -0.15) is 0 Å². The molecule has 0 amide bonds. The van der Waals surface area contributed by atoms with Crippen LogP contribution in [0.4, 0.5) is 0 Å². The van der Waals surface area contributed by atoms with Gasteiger partial charge in [-0.25, -0.2) is 16.8 Å². The third kappa shape index (κ3) is 8.99. The largest absolute Gasteiger partial charge is 0.488 e. The van der Waals surface area contributed by atoms with E-state index in [-0.39, 0.29) is 25.0 Å². The van der Waals surface area contributed by atoms with Gasteiger partial charge in [0.15, 0.2) is 0 Å². The normalized spacial score (nSPS) is 12.3. The molecule has 0 aromatic heterocycles. The summed E-state index contributed by atoms with van der Waals surface area (Å²) in [6, 6.07) is 40.9. The topological polar surface area (TPSA) is 96.0 Å². The highest BCUT2D eigenvalue weighted by Crippen LogP contribution is 2.32. The van der Waals surface area contributed by atoms with Crippen LogP contribution in [0.2, 0.25) is 0 Å². The number of rotatable bonds is 10. The van der Waals surface area contributed by atoms with Crippen LogP contribution in [0.1, 0.15) is 47.1 Å². The van der Waals surface area contributed by atoms with Gasteiger partial charge in [0.1, 0.15) is 34.3 Å². The molecule has 272 valence electrons. The van der Waals surface area contributed by atoms with Crippen molar-refractivity contribution in [2.75, 3.05) is 0 Å². The average molecular weight is 747 g/mol. The monoisotopic (exact) mass is 746 g/mol. The predicted molar refractivity (Wildman–Crippen MR) is 208 cm³/mol. The van der Waals surface area contributed by atoms with Gasteiger partial charge in [0.2, 0.25) is 19.7 Å². The number of hydrogen-bond donors (Lipinski definition) is 0. The zero-order valence-corrected chi connectivity index (χ0v) is 32.2. The van der Waals surface area contributed by atoms with Crippen molar-refractivity contribution in [3.63, 3.8) is 0 Å². The maximum Gasteiger partial charge on any atom is 0.206 e. The zero-order valence-electron chi connectivity index (χ0n) is 30.5. The lowest BCUT2D eigenvalue weighted by molar-refractivity contribution is 0.131. The van der Waals surface area contributed by atoms with Crippen LogP contribution >= 0.6 is 0 Å². The van der Waals surface area contributed by atoms with E-state index < -0.39 is 25.3 Å². The molecule has 7 nitrogen and oxygen atoms in total. The van der Waals surface area contributed by atoms with E-state index in [2.05, 4.69) is 32.9 Å². The highest BCUT2D eigenvalue weighted by atomic mass is 32.2. The van der Waals surface area contributed by atoms with Crippen LogP contribution in [-0.4, -0.2) is 22.4 Å². The standard InChI is InChI=1S/C44H42O7S2/c1-43(2,3)33-11-13-34(14-12-33)49-35-15-17-36(18-16-35)50-37-19-27-41(28-20-37)52(45,46)39-23-7-31(8-24-39)32-9-25-40(26-10-32)53(47,48)42-29-21-38(22-30-42)51-44(4,5)6/h7-30H,1-6H3. The second-order valence-electron chi connectivity index (χ2n) is 14.7. The van der Waals surface area contributed by atoms with E-state index in [1.54, 1.807) is 84.9 Å². The van der Waals surface area contributed by atoms with E-state index in [0.29, 0.717) is 23.0 Å². The first-order valence-electron chi connectivity index (χ1n) is 17.1. The summed E-state index contributed by atoms with van der Waals surface area (Å²) in [5.74, 6) is 3.07. The molecule has 0 saturated carbocycles. The quantitative estimate of drug-likeness (QED) is 0.138. The number of sulfone groups is 2. The van der Waals surface area contributed by atoms with Crippen molar-refractivity contribution in [2.45, 2.75) is 72.1 Å². The lowest BCUT2D eigenvalue weighted by Gasteiger charge is -2.21. The minimum absolute atomic E-state index is 0.0656. The Bertz CT molecular complexity index is 2390. The Labute approximate surface area is 312 Å². The maximum atomic E-state index is 13.5. The van der Waals surface area contributed by atoms with Crippen LogP contribution < -0.4 is 14.2 Å². The van der Waals surface area contributed by atoms with Crippen LogP contribution in [0.15, 0.2) is 165 Å². The molecule has 6 aromatic carbocycles.